The minimum absolute atomic E-state index is 0.0324. The van der Waals surface area contributed by atoms with Crippen LogP contribution in [0.1, 0.15) is 24.2 Å². The van der Waals surface area contributed by atoms with Gasteiger partial charge < -0.3 is 9.84 Å². The van der Waals surface area contributed by atoms with Gasteiger partial charge in [-0.05, 0) is 6.07 Å². The van der Waals surface area contributed by atoms with E-state index >= 15 is 0 Å². The molecule has 0 fully saturated rings. The van der Waals surface area contributed by atoms with Gasteiger partial charge in [-0.25, -0.2) is 4.39 Å². The molecule has 1 atom stereocenters. The maximum Gasteiger partial charge on any atom is 0.315 e. The molecule has 19 heavy (non-hydrogen) atoms. The molecule has 1 unspecified atom stereocenters. The number of rotatable bonds is 1. The molecule has 0 spiro atoms. The summed E-state index contributed by atoms with van der Waals surface area (Å²) in [6.45, 7) is 3.27. The normalized spacial score (nSPS) is 21.3. The maximum absolute atomic E-state index is 13.4. The van der Waals surface area contributed by atoms with Crippen LogP contribution in [0, 0.1) is 17.2 Å². The quantitative estimate of drug-likeness (QED) is 0.806. The Balaban J connectivity index is 2.61. The van der Waals surface area contributed by atoms with E-state index in [0.717, 1.165) is 6.07 Å². The molecule has 0 radical (unpaired) electrons. The van der Waals surface area contributed by atoms with E-state index in [1.165, 1.54) is 6.07 Å². The highest BCUT2D eigenvalue weighted by atomic mass is 35.5. The summed E-state index contributed by atoms with van der Waals surface area (Å²) in [4.78, 5) is 23.6. The number of aliphatic carboxylic acids is 1. The van der Waals surface area contributed by atoms with Gasteiger partial charge in [0.05, 0.1) is 17.2 Å². The predicted octanol–water partition coefficient (Wildman–Crippen LogP) is 2.78. The molecule has 1 aliphatic heterocycles. The Hall–Kier alpha value is -1.62. The lowest BCUT2D eigenvalue weighted by Crippen LogP contribution is -2.39. The second kappa shape index (κ2) is 4.49. The van der Waals surface area contributed by atoms with Crippen LogP contribution in [0.3, 0.4) is 0 Å². The van der Waals surface area contributed by atoms with Crippen molar-refractivity contribution >= 4 is 23.4 Å². The van der Waals surface area contributed by atoms with E-state index in [4.69, 9.17) is 16.3 Å². The van der Waals surface area contributed by atoms with Crippen molar-refractivity contribution < 1.29 is 23.8 Å². The number of carbonyl (C=O) groups excluding carboxylic acids is 1. The van der Waals surface area contributed by atoms with Crippen molar-refractivity contribution in [2.45, 2.75) is 13.8 Å². The van der Waals surface area contributed by atoms with Crippen molar-refractivity contribution in [2.24, 2.45) is 11.3 Å². The van der Waals surface area contributed by atoms with Crippen molar-refractivity contribution in [3.05, 3.63) is 28.5 Å². The van der Waals surface area contributed by atoms with Gasteiger partial charge in [0.1, 0.15) is 17.5 Å². The van der Waals surface area contributed by atoms with E-state index in [0.29, 0.717) is 0 Å². The molecular formula is C13H12ClFO4. The molecule has 0 bridgehead atoms. The number of fused-ring (bicyclic) bond motifs is 1. The number of carboxylic acid groups (broad SMARTS) is 1. The third-order valence-electron chi connectivity index (χ3n) is 3.18. The number of ketones is 1. The molecule has 1 aromatic rings. The molecule has 1 aliphatic rings. The maximum atomic E-state index is 13.4. The Bertz CT molecular complexity index is 568. The van der Waals surface area contributed by atoms with Crippen LogP contribution in [0.25, 0.3) is 0 Å². The first-order valence-corrected chi connectivity index (χ1v) is 6.00. The number of hydrogen-bond acceptors (Lipinski definition) is 3. The van der Waals surface area contributed by atoms with Crippen molar-refractivity contribution in [1.82, 2.24) is 0 Å². The molecule has 4 nitrogen and oxygen atoms in total. The van der Waals surface area contributed by atoms with Crippen LogP contribution in [0.2, 0.25) is 5.02 Å². The molecule has 0 aromatic heterocycles. The topological polar surface area (TPSA) is 63.6 Å². The summed E-state index contributed by atoms with van der Waals surface area (Å²) in [5, 5.41) is 9.05. The third-order valence-corrected chi connectivity index (χ3v) is 3.47. The van der Waals surface area contributed by atoms with E-state index in [1.54, 1.807) is 13.8 Å². The average Bonchev–Trinajstić information content (AvgIpc) is 2.37. The van der Waals surface area contributed by atoms with Gasteiger partial charge in [-0.1, -0.05) is 25.4 Å². The first-order chi connectivity index (χ1) is 8.74. The number of carbonyl (C=O) groups is 2. The lowest BCUT2D eigenvalue weighted by Gasteiger charge is -2.26. The Morgan fingerprint density at radius 1 is 1.53 bits per heavy atom. The second-order valence-corrected chi connectivity index (χ2v) is 5.58. The minimum atomic E-state index is -1.28. The minimum Gasteiger partial charge on any atom is -0.492 e. The van der Waals surface area contributed by atoms with Crippen LogP contribution in [0.4, 0.5) is 4.39 Å². The molecule has 102 valence electrons. The second-order valence-electron chi connectivity index (χ2n) is 5.18. The molecule has 6 heteroatoms. The lowest BCUT2D eigenvalue weighted by molar-refractivity contribution is -0.143. The first kappa shape index (κ1) is 13.8. The number of Topliss-reactive ketones (excluding diaryl/α,β-unsaturated/α-hetero) is 1. The van der Waals surface area contributed by atoms with Crippen molar-refractivity contribution in [3.63, 3.8) is 0 Å². The Labute approximate surface area is 114 Å². The van der Waals surface area contributed by atoms with Crippen LogP contribution in [-0.2, 0) is 4.79 Å². The van der Waals surface area contributed by atoms with Crippen molar-refractivity contribution in [2.75, 3.05) is 6.61 Å². The first-order valence-electron chi connectivity index (χ1n) is 5.63. The lowest BCUT2D eigenvalue weighted by atomic mass is 9.76. The van der Waals surface area contributed by atoms with Gasteiger partial charge in [0, 0.05) is 11.5 Å². The van der Waals surface area contributed by atoms with Gasteiger partial charge in [0.25, 0.3) is 0 Å². The summed E-state index contributed by atoms with van der Waals surface area (Å²) in [6, 6.07) is 2.13. The molecule has 1 N–H and O–H groups in total. The molecule has 0 amide bonds. The van der Waals surface area contributed by atoms with Gasteiger partial charge in [-0.15, -0.1) is 0 Å². The monoisotopic (exact) mass is 286 g/mol. The van der Waals surface area contributed by atoms with E-state index in [9.17, 15) is 19.1 Å². The van der Waals surface area contributed by atoms with Gasteiger partial charge >= 0.3 is 5.97 Å². The van der Waals surface area contributed by atoms with E-state index in [1.807, 2.05) is 0 Å². The zero-order valence-electron chi connectivity index (χ0n) is 10.4. The molecule has 1 heterocycles. The van der Waals surface area contributed by atoms with Crippen LogP contribution >= 0.6 is 11.6 Å². The highest BCUT2D eigenvalue weighted by Gasteiger charge is 2.45. The number of carboxylic acids is 1. The van der Waals surface area contributed by atoms with E-state index < -0.39 is 28.9 Å². The molecule has 0 saturated carbocycles. The Kier molecular flexibility index (Phi) is 3.26. The SMILES string of the molecule is CC1(C)COc2cc(Cl)c(F)cc2C(=O)C1C(=O)O. The van der Waals surface area contributed by atoms with Gasteiger partial charge in [0.2, 0.25) is 0 Å². The summed E-state index contributed by atoms with van der Waals surface area (Å²) < 4.78 is 18.9. The highest BCUT2D eigenvalue weighted by Crippen LogP contribution is 2.38. The smallest absolute Gasteiger partial charge is 0.315 e. The van der Waals surface area contributed by atoms with Crippen molar-refractivity contribution in [1.29, 1.82) is 0 Å². The van der Waals surface area contributed by atoms with Gasteiger partial charge in [-0.3, -0.25) is 9.59 Å². The van der Waals surface area contributed by atoms with Crippen LogP contribution in [-0.4, -0.2) is 23.5 Å². The fourth-order valence-electron chi connectivity index (χ4n) is 2.14. The highest BCUT2D eigenvalue weighted by molar-refractivity contribution is 6.31. The fraction of sp³-hybridized carbons (Fsp3) is 0.385. The Morgan fingerprint density at radius 2 is 2.16 bits per heavy atom. The van der Waals surface area contributed by atoms with Crippen molar-refractivity contribution in [3.8, 4) is 5.75 Å². The standard InChI is InChI=1S/C13H12ClFO4/c1-13(2)5-19-9-4-7(14)8(15)3-6(9)11(16)10(13)12(17)18/h3-4,10H,5H2,1-2H3,(H,17,18). The summed E-state index contributed by atoms with van der Waals surface area (Å²) in [5.41, 5.74) is -0.981. The number of benzene rings is 1. The number of halogens is 2. The average molecular weight is 287 g/mol. The molecular weight excluding hydrogens is 275 g/mol. The van der Waals surface area contributed by atoms with E-state index in [-0.39, 0.29) is 22.9 Å². The summed E-state index contributed by atoms with van der Waals surface area (Å²) >= 11 is 5.63. The fourth-order valence-corrected chi connectivity index (χ4v) is 2.30. The summed E-state index contributed by atoms with van der Waals surface area (Å²) in [6.07, 6.45) is 0. The van der Waals surface area contributed by atoms with Gasteiger partial charge in [0.15, 0.2) is 5.78 Å². The van der Waals surface area contributed by atoms with Crippen LogP contribution < -0.4 is 4.74 Å². The zero-order chi connectivity index (χ0) is 14.4. The zero-order valence-corrected chi connectivity index (χ0v) is 11.1. The Morgan fingerprint density at radius 3 is 2.74 bits per heavy atom. The molecule has 1 aromatic carbocycles. The number of ether oxygens (including phenoxy) is 1. The largest absolute Gasteiger partial charge is 0.492 e. The predicted molar refractivity (Wildman–Crippen MR) is 66.1 cm³/mol. The molecule has 0 aliphatic carbocycles. The molecule has 0 saturated heterocycles. The van der Waals surface area contributed by atoms with Crippen LogP contribution in [0.15, 0.2) is 12.1 Å². The third kappa shape index (κ3) is 2.30. The van der Waals surface area contributed by atoms with Gasteiger partial charge in [-0.2, -0.15) is 0 Å². The van der Waals surface area contributed by atoms with Crippen LogP contribution in [0.5, 0.6) is 5.75 Å². The summed E-state index contributed by atoms with van der Waals surface area (Å²) in [7, 11) is 0. The summed E-state index contributed by atoms with van der Waals surface area (Å²) in [5.74, 6) is -3.86. The van der Waals surface area contributed by atoms with E-state index in [2.05, 4.69) is 0 Å². The molecule has 2 rings (SSSR count). The number of hydrogen-bond donors (Lipinski definition) is 1.